The molecule has 0 amide bonds. The van der Waals surface area contributed by atoms with E-state index in [0.29, 0.717) is 11.1 Å². The van der Waals surface area contributed by atoms with Gasteiger partial charge in [0.25, 0.3) is 0 Å². The molecule has 0 saturated carbocycles. The summed E-state index contributed by atoms with van der Waals surface area (Å²) >= 11 is 0. The maximum atomic E-state index is 11.9. The predicted octanol–water partition coefficient (Wildman–Crippen LogP) is 3.52. The minimum absolute atomic E-state index is 0.141. The van der Waals surface area contributed by atoms with Gasteiger partial charge in [-0.3, -0.25) is 4.79 Å². The summed E-state index contributed by atoms with van der Waals surface area (Å²) in [4.78, 5) is 11.9. The van der Waals surface area contributed by atoms with Crippen molar-refractivity contribution < 1.29 is 4.42 Å². The zero-order chi connectivity index (χ0) is 12.5. The van der Waals surface area contributed by atoms with Gasteiger partial charge in [-0.15, -0.1) is 0 Å². The fourth-order valence-corrected chi connectivity index (χ4v) is 1.22. The highest BCUT2D eigenvalue weighted by molar-refractivity contribution is 5.73. The molecule has 86 valence electrons. The topological polar surface area (TPSA) is 30.2 Å². The molecular weight excluding hydrogens is 212 g/mol. The van der Waals surface area contributed by atoms with Gasteiger partial charge in [0.05, 0.1) is 11.8 Å². The normalized spacial score (nSPS) is 10.2. The van der Waals surface area contributed by atoms with E-state index in [1.165, 1.54) is 18.6 Å². The van der Waals surface area contributed by atoms with E-state index in [0.717, 1.165) is 0 Å². The number of rotatable bonds is 3. The minimum Gasteiger partial charge on any atom is -0.472 e. The van der Waals surface area contributed by atoms with Crippen LogP contribution in [0.15, 0.2) is 83.5 Å². The smallest absolute Gasteiger partial charge is 0.189 e. The van der Waals surface area contributed by atoms with Gasteiger partial charge in [-0.05, 0) is 17.7 Å². The first-order chi connectivity index (χ1) is 8.29. The fourth-order valence-electron chi connectivity index (χ4n) is 1.22. The van der Waals surface area contributed by atoms with E-state index in [9.17, 15) is 4.79 Å². The lowest BCUT2D eigenvalue weighted by atomic mass is 10.1. The van der Waals surface area contributed by atoms with Crippen LogP contribution >= 0.6 is 0 Å². The van der Waals surface area contributed by atoms with Crippen LogP contribution in [0.2, 0.25) is 0 Å². The largest absolute Gasteiger partial charge is 0.472 e. The van der Waals surface area contributed by atoms with Crippen LogP contribution in [0.4, 0.5) is 0 Å². The van der Waals surface area contributed by atoms with Crippen molar-refractivity contribution in [1.29, 1.82) is 0 Å². The maximum absolute atomic E-state index is 11.9. The molecule has 1 rings (SSSR count). The third kappa shape index (κ3) is 3.95. The predicted molar refractivity (Wildman–Crippen MR) is 71.0 cm³/mol. The highest BCUT2D eigenvalue weighted by Crippen LogP contribution is 2.09. The van der Waals surface area contributed by atoms with Gasteiger partial charge in [-0.25, -0.2) is 0 Å². The SMILES string of the molecule is C=C/C=C(\C=C)c1coccccccc1=O. The van der Waals surface area contributed by atoms with E-state index in [1.54, 1.807) is 42.5 Å². The van der Waals surface area contributed by atoms with Gasteiger partial charge in [-0.1, -0.05) is 49.6 Å². The average molecular weight is 226 g/mol. The number of allylic oxidation sites excluding steroid dienone is 4. The summed E-state index contributed by atoms with van der Waals surface area (Å²) in [6.45, 7) is 7.26. The molecule has 0 aromatic carbocycles. The Morgan fingerprint density at radius 3 is 2.65 bits per heavy atom. The molecule has 2 heteroatoms. The molecule has 0 atom stereocenters. The van der Waals surface area contributed by atoms with E-state index in [1.807, 2.05) is 0 Å². The molecule has 0 N–H and O–H groups in total. The van der Waals surface area contributed by atoms with Crippen LogP contribution in [-0.4, -0.2) is 0 Å². The Morgan fingerprint density at radius 1 is 1.18 bits per heavy atom. The highest BCUT2D eigenvalue weighted by atomic mass is 16.3. The first kappa shape index (κ1) is 12.7. The van der Waals surface area contributed by atoms with Crippen LogP contribution in [-0.2, 0) is 0 Å². The van der Waals surface area contributed by atoms with Gasteiger partial charge in [0.2, 0.25) is 0 Å². The maximum Gasteiger partial charge on any atom is 0.189 e. The van der Waals surface area contributed by atoms with Crippen molar-refractivity contribution >= 4 is 5.57 Å². The van der Waals surface area contributed by atoms with E-state index in [4.69, 9.17) is 4.42 Å². The van der Waals surface area contributed by atoms with E-state index in [2.05, 4.69) is 13.2 Å². The summed E-state index contributed by atoms with van der Waals surface area (Å²) in [5.74, 6) is 0. The lowest BCUT2D eigenvalue weighted by Gasteiger charge is -1.95. The molecule has 0 aliphatic rings. The Labute approximate surface area is 101 Å². The Hall–Kier alpha value is -2.35. The molecule has 1 aromatic heterocycles. The molecule has 0 radical (unpaired) electrons. The Morgan fingerprint density at radius 2 is 1.94 bits per heavy atom. The van der Waals surface area contributed by atoms with E-state index in [-0.39, 0.29) is 5.43 Å². The van der Waals surface area contributed by atoms with Crippen LogP contribution in [0.1, 0.15) is 5.56 Å². The summed E-state index contributed by atoms with van der Waals surface area (Å²) < 4.78 is 5.15. The van der Waals surface area contributed by atoms with E-state index >= 15 is 0 Å². The van der Waals surface area contributed by atoms with Crippen LogP contribution in [0, 0.1) is 0 Å². The first-order valence-electron chi connectivity index (χ1n) is 5.15. The van der Waals surface area contributed by atoms with E-state index < -0.39 is 0 Å². The molecule has 0 bridgehead atoms. The molecule has 0 saturated heterocycles. The standard InChI is InChI=1S/C15H14O2/c1-3-9-13(4-2)14-12-17-11-8-6-5-7-10-15(14)16/h3-12H,1-2H2/b6-5?,10-7?,11-8?,13-9+,14-12?. The van der Waals surface area contributed by atoms with Crippen molar-refractivity contribution in [3.8, 4) is 0 Å². The van der Waals surface area contributed by atoms with Gasteiger partial charge in [0, 0.05) is 0 Å². The van der Waals surface area contributed by atoms with Crippen molar-refractivity contribution in [1.82, 2.24) is 0 Å². The van der Waals surface area contributed by atoms with Crippen molar-refractivity contribution in [2.75, 3.05) is 0 Å². The molecule has 0 unspecified atom stereocenters. The summed E-state index contributed by atoms with van der Waals surface area (Å²) in [5.41, 5.74) is 0.974. The molecule has 0 aliphatic heterocycles. The van der Waals surface area contributed by atoms with Gasteiger partial charge < -0.3 is 4.42 Å². The summed E-state index contributed by atoms with van der Waals surface area (Å²) in [6.07, 6.45) is 7.80. The second-order valence-corrected chi connectivity index (χ2v) is 3.17. The second kappa shape index (κ2) is 7.01. The minimum atomic E-state index is -0.141. The fraction of sp³-hybridized carbons (Fsp3) is 0. The van der Waals surface area contributed by atoms with Crippen molar-refractivity contribution in [3.05, 3.63) is 90.0 Å². The monoisotopic (exact) mass is 226 g/mol. The molecule has 0 aliphatic carbocycles. The molecule has 0 spiro atoms. The summed E-state index contributed by atoms with van der Waals surface area (Å²) in [6, 6.07) is 8.42. The van der Waals surface area contributed by atoms with Crippen LogP contribution in [0.25, 0.3) is 5.57 Å². The molecular formula is C15H14O2. The third-order valence-corrected chi connectivity index (χ3v) is 2.02. The molecule has 1 aromatic rings. The Balaban J connectivity index is 3.52. The number of hydrogen-bond acceptors (Lipinski definition) is 2. The molecule has 1 heterocycles. The van der Waals surface area contributed by atoms with Gasteiger partial charge >= 0.3 is 0 Å². The van der Waals surface area contributed by atoms with Gasteiger partial charge in [-0.2, -0.15) is 0 Å². The molecule has 0 fully saturated rings. The van der Waals surface area contributed by atoms with Crippen molar-refractivity contribution in [2.45, 2.75) is 0 Å². The van der Waals surface area contributed by atoms with Crippen molar-refractivity contribution in [3.63, 3.8) is 0 Å². The van der Waals surface area contributed by atoms with Crippen LogP contribution in [0.5, 0.6) is 0 Å². The van der Waals surface area contributed by atoms with Crippen LogP contribution < -0.4 is 5.43 Å². The Bertz CT molecular complexity index is 535. The quantitative estimate of drug-likeness (QED) is 0.738. The lowest BCUT2D eigenvalue weighted by molar-refractivity contribution is 0.552. The van der Waals surface area contributed by atoms with Gasteiger partial charge in [0.1, 0.15) is 6.26 Å². The summed E-state index contributed by atoms with van der Waals surface area (Å²) in [7, 11) is 0. The molecule has 17 heavy (non-hydrogen) atoms. The summed E-state index contributed by atoms with van der Waals surface area (Å²) in [5, 5.41) is 0. The van der Waals surface area contributed by atoms with Crippen LogP contribution in [0.3, 0.4) is 0 Å². The van der Waals surface area contributed by atoms with Gasteiger partial charge in [0.15, 0.2) is 5.43 Å². The number of hydrogen-bond donors (Lipinski definition) is 0. The van der Waals surface area contributed by atoms with Crippen molar-refractivity contribution in [2.24, 2.45) is 0 Å². The Kier molecular flexibility index (Phi) is 5.25. The second-order valence-electron chi connectivity index (χ2n) is 3.17. The zero-order valence-corrected chi connectivity index (χ0v) is 9.50. The molecule has 2 nitrogen and oxygen atoms in total. The zero-order valence-electron chi connectivity index (χ0n) is 9.50. The first-order valence-corrected chi connectivity index (χ1v) is 5.15. The highest BCUT2D eigenvalue weighted by Gasteiger charge is 1.99. The lowest BCUT2D eigenvalue weighted by Crippen LogP contribution is -2.02. The average Bonchev–Trinajstić information content (AvgIpc) is 2.35. The third-order valence-electron chi connectivity index (χ3n) is 2.02.